The maximum absolute atomic E-state index is 13.6. The molecule has 0 aliphatic rings. The molecule has 0 fully saturated rings. The van der Waals surface area contributed by atoms with Crippen LogP contribution in [0.15, 0.2) is 42.5 Å². The minimum atomic E-state index is -1.02. The maximum atomic E-state index is 13.6. The Kier molecular flexibility index (Phi) is 3.89. The fraction of sp³-hybridized carbons (Fsp3) is 0.133. The number of hydrogen-bond acceptors (Lipinski definition) is 3. The number of nitrogen functional groups attached to an aromatic ring is 1. The number of carboxylic acids is 1. The predicted molar refractivity (Wildman–Crippen MR) is 76.3 cm³/mol. The molecule has 4 nitrogen and oxygen atoms in total. The maximum Gasteiger partial charge on any atom is 0.335 e. The summed E-state index contributed by atoms with van der Waals surface area (Å²) in [5.41, 5.74) is 7.54. The van der Waals surface area contributed by atoms with Gasteiger partial charge in [0.05, 0.1) is 16.9 Å². The van der Waals surface area contributed by atoms with E-state index in [0.717, 1.165) is 0 Å². The topological polar surface area (TPSA) is 66.6 Å². The van der Waals surface area contributed by atoms with Crippen molar-refractivity contribution in [3.05, 3.63) is 59.4 Å². The number of hydrogen-bond donors (Lipinski definition) is 2. The average molecular weight is 274 g/mol. The van der Waals surface area contributed by atoms with Crippen LogP contribution in [0.3, 0.4) is 0 Å². The fourth-order valence-corrected chi connectivity index (χ4v) is 1.97. The summed E-state index contributed by atoms with van der Waals surface area (Å²) in [7, 11) is 1.74. The van der Waals surface area contributed by atoms with Crippen LogP contribution < -0.4 is 10.6 Å². The second-order valence-corrected chi connectivity index (χ2v) is 4.53. The third-order valence-electron chi connectivity index (χ3n) is 3.05. The van der Waals surface area contributed by atoms with Gasteiger partial charge in [0, 0.05) is 19.2 Å². The van der Waals surface area contributed by atoms with Gasteiger partial charge in [0.2, 0.25) is 0 Å². The van der Waals surface area contributed by atoms with Gasteiger partial charge in [-0.25, -0.2) is 9.18 Å². The van der Waals surface area contributed by atoms with Gasteiger partial charge in [-0.2, -0.15) is 0 Å². The molecule has 2 aromatic rings. The first kappa shape index (κ1) is 13.9. The lowest BCUT2D eigenvalue weighted by molar-refractivity contribution is 0.0697. The Balaban J connectivity index is 2.29. The summed E-state index contributed by atoms with van der Waals surface area (Å²) < 4.78 is 13.6. The highest BCUT2D eigenvalue weighted by molar-refractivity contribution is 5.90. The van der Waals surface area contributed by atoms with Crippen LogP contribution >= 0.6 is 0 Å². The first-order chi connectivity index (χ1) is 9.49. The lowest BCUT2D eigenvalue weighted by Gasteiger charge is -2.22. The Hall–Kier alpha value is -2.56. The molecular weight excluding hydrogens is 259 g/mol. The Morgan fingerprint density at radius 1 is 1.30 bits per heavy atom. The van der Waals surface area contributed by atoms with Crippen molar-refractivity contribution in [3.8, 4) is 0 Å². The quantitative estimate of drug-likeness (QED) is 0.841. The summed E-state index contributed by atoms with van der Waals surface area (Å²) in [5.74, 6) is -1.32. The molecule has 0 bridgehead atoms. The summed E-state index contributed by atoms with van der Waals surface area (Å²) in [5, 5.41) is 9.00. The van der Waals surface area contributed by atoms with Crippen molar-refractivity contribution in [1.82, 2.24) is 0 Å². The number of aromatic carboxylic acids is 1. The van der Waals surface area contributed by atoms with Crippen LogP contribution in [0.4, 0.5) is 15.8 Å². The molecule has 0 radical (unpaired) electrons. The Morgan fingerprint density at radius 3 is 2.65 bits per heavy atom. The molecule has 3 N–H and O–H groups in total. The highest BCUT2D eigenvalue weighted by Crippen LogP contribution is 2.25. The molecule has 0 unspecified atom stereocenters. The molecule has 0 saturated carbocycles. The molecule has 0 atom stereocenters. The molecule has 104 valence electrons. The zero-order chi connectivity index (χ0) is 14.7. The van der Waals surface area contributed by atoms with Crippen molar-refractivity contribution in [1.29, 1.82) is 0 Å². The molecule has 0 aliphatic heterocycles. The number of rotatable bonds is 4. The van der Waals surface area contributed by atoms with E-state index in [1.165, 1.54) is 24.3 Å². The molecule has 0 aliphatic carbocycles. The van der Waals surface area contributed by atoms with Crippen LogP contribution in [0.2, 0.25) is 0 Å². The number of nitrogens with zero attached hydrogens (tertiary/aromatic N) is 1. The van der Waals surface area contributed by atoms with E-state index in [9.17, 15) is 9.18 Å². The lowest BCUT2D eigenvalue weighted by atomic mass is 10.1. The molecule has 5 heteroatoms. The zero-order valence-electron chi connectivity index (χ0n) is 11.0. The molecule has 2 rings (SSSR count). The average Bonchev–Trinajstić information content (AvgIpc) is 2.41. The number of benzene rings is 2. The number of carbonyl (C=O) groups is 1. The summed E-state index contributed by atoms with van der Waals surface area (Å²) >= 11 is 0. The van der Waals surface area contributed by atoms with Crippen LogP contribution in [-0.2, 0) is 6.54 Å². The van der Waals surface area contributed by atoms with Gasteiger partial charge in [-0.1, -0.05) is 18.2 Å². The van der Waals surface area contributed by atoms with E-state index < -0.39 is 5.97 Å². The Morgan fingerprint density at radius 2 is 2.00 bits per heavy atom. The largest absolute Gasteiger partial charge is 0.478 e. The third kappa shape index (κ3) is 2.88. The first-order valence-electron chi connectivity index (χ1n) is 6.06. The third-order valence-corrected chi connectivity index (χ3v) is 3.05. The van der Waals surface area contributed by atoms with Crippen LogP contribution in [0.5, 0.6) is 0 Å². The van der Waals surface area contributed by atoms with Gasteiger partial charge in [-0.05, 0) is 24.3 Å². The smallest absolute Gasteiger partial charge is 0.335 e. The van der Waals surface area contributed by atoms with Crippen molar-refractivity contribution in [2.75, 3.05) is 17.7 Å². The van der Waals surface area contributed by atoms with Gasteiger partial charge in [-0.15, -0.1) is 0 Å². The molecule has 0 heterocycles. The van der Waals surface area contributed by atoms with Gasteiger partial charge >= 0.3 is 5.97 Å². The molecule has 0 saturated heterocycles. The van der Waals surface area contributed by atoms with E-state index in [-0.39, 0.29) is 11.4 Å². The lowest BCUT2D eigenvalue weighted by Crippen LogP contribution is -2.19. The van der Waals surface area contributed by atoms with Crippen molar-refractivity contribution < 1.29 is 14.3 Å². The van der Waals surface area contributed by atoms with Gasteiger partial charge in [0.15, 0.2) is 0 Å². The van der Waals surface area contributed by atoms with Gasteiger partial charge in [-0.3, -0.25) is 0 Å². The molecular formula is C15H15FN2O2. The number of carboxylic acid groups (broad SMARTS) is 1. The summed E-state index contributed by atoms with van der Waals surface area (Å²) in [4.78, 5) is 12.7. The fourth-order valence-electron chi connectivity index (χ4n) is 1.97. The number of anilines is 2. The van der Waals surface area contributed by atoms with Crippen LogP contribution in [0.25, 0.3) is 0 Å². The van der Waals surface area contributed by atoms with E-state index in [0.29, 0.717) is 23.5 Å². The Labute approximate surface area is 116 Å². The minimum Gasteiger partial charge on any atom is -0.478 e. The molecule has 0 aromatic heterocycles. The van der Waals surface area contributed by atoms with Crippen molar-refractivity contribution >= 4 is 17.3 Å². The standard InChI is InChI=1S/C15H15FN2O2/c1-18(9-11-4-2-3-5-12(11)16)14-8-10(15(19)20)6-7-13(14)17/h2-8H,9,17H2,1H3,(H,19,20). The van der Waals surface area contributed by atoms with Crippen LogP contribution in [0, 0.1) is 5.82 Å². The highest BCUT2D eigenvalue weighted by Gasteiger charge is 2.12. The summed E-state index contributed by atoms with van der Waals surface area (Å²) in [6.45, 7) is 0.306. The second-order valence-electron chi connectivity index (χ2n) is 4.53. The van der Waals surface area contributed by atoms with E-state index in [4.69, 9.17) is 10.8 Å². The molecule has 0 spiro atoms. The molecule has 0 amide bonds. The molecule has 20 heavy (non-hydrogen) atoms. The van der Waals surface area contributed by atoms with Gasteiger partial charge in [0.25, 0.3) is 0 Å². The zero-order valence-corrected chi connectivity index (χ0v) is 11.0. The molecule has 2 aromatic carbocycles. The van der Waals surface area contributed by atoms with Crippen LogP contribution in [0.1, 0.15) is 15.9 Å². The minimum absolute atomic E-state index is 0.148. The predicted octanol–water partition coefficient (Wildman–Crippen LogP) is 2.74. The van der Waals surface area contributed by atoms with Crippen LogP contribution in [-0.4, -0.2) is 18.1 Å². The van der Waals surface area contributed by atoms with Crippen molar-refractivity contribution in [2.24, 2.45) is 0 Å². The van der Waals surface area contributed by atoms with E-state index in [2.05, 4.69) is 0 Å². The summed E-state index contributed by atoms with van der Waals surface area (Å²) in [6.07, 6.45) is 0. The van der Waals surface area contributed by atoms with Crippen molar-refractivity contribution in [2.45, 2.75) is 6.54 Å². The van der Waals surface area contributed by atoms with E-state index in [1.807, 2.05) is 0 Å². The SMILES string of the molecule is CN(Cc1ccccc1F)c1cc(C(=O)O)ccc1N. The van der Waals surface area contributed by atoms with Crippen molar-refractivity contribution in [3.63, 3.8) is 0 Å². The summed E-state index contributed by atoms with van der Waals surface area (Å²) in [6, 6.07) is 10.9. The second kappa shape index (κ2) is 5.61. The van der Waals surface area contributed by atoms with Gasteiger partial charge in [0.1, 0.15) is 5.82 Å². The monoisotopic (exact) mass is 274 g/mol. The normalized spacial score (nSPS) is 10.3. The number of nitrogens with two attached hydrogens (primary N) is 1. The first-order valence-corrected chi connectivity index (χ1v) is 6.06. The Bertz CT molecular complexity index is 644. The van der Waals surface area contributed by atoms with E-state index >= 15 is 0 Å². The number of halogens is 1. The van der Waals surface area contributed by atoms with Gasteiger partial charge < -0.3 is 15.7 Å². The van der Waals surface area contributed by atoms with E-state index in [1.54, 1.807) is 30.1 Å². The highest BCUT2D eigenvalue weighted by atomic mass is 19.1.